The number of para-hydroxylation sites is 2. The molecule has 134 valence electrons. The lowest BCUT2D eigenvalue weighted by atomic mass is 10.2. The largest absolute Gasteiger partial charge is 0.433 e. The minimum Gasteiger partial charge on any atom is -0.399 e. The molecule has 0 saturated heterocycles. The molecular weight excluding hydrogens is 344 g/mol. The van der Waals surface area contributed by atoms with Gasteiger partial charge in [0.1, 0.15) is 16.9 Å². The van der Waals surface area contributed by atoms with E-state index in [-0.39, 0.29) is 5.88 Å². The lowest BCUT2D eigenvalue weighted by molar-refractivity contribution is -0.401. The van der Waals surface area contributed by atoms with E-state index in [4.69, 9.17) is 4.42 Å². The third kappa shape index (κ3) is 3.57. The Morgan fingerprint density at radius 2 is 1.81 bits per heavy atom. The van der Waals surface area contributed by atoms with Crippen LogP contribution in [0.25, 0.3) is 17.1 Å². The van der Waals surface area contributed by atoms with Gasteiger partial charge in [0.05, 0.1) is 17.4 Å². The monoisotopic (exact) mass is 360 g/mol. The van der Waals surface area contributed by atoms with Gasteiger partial charge in [0.2, 0.25) is 0 Å². The number of furan rings is 1. The summed E-state index contributed by atoms with van der Waals surface area (Å²) in [5.41, 5.74) is 3.59. The fourth-order valence-corrected chi connectivity index (χ4v) is 2.79. The molecule has 2 aromatic heterocycles. The number of hydrogen-bond acceptors (Lipinski definition) is 5. The molecule has 0 fully saturated rings. The predicted octanol–water partition coefficient (Wildman–Crippen LogP) is 4.65. The Hall–Kier alpha value is -3.87. The summed E-state index contributed by atoms with van der Waals surface area (Å²) in [7, 11) is 0. The maximum atomic E-state index is 10.8. The summed E-state index contributed by atoms with van der Waals surface area (Å²) in [5.74, 6) is 0.0552. The first kappa shape index (κ1) is 16.6. The summed E-state index contributed by atoms with van der Waals surface area (Å²) in [6.07, 6.45) is 3.44. The predicted molar refractivity (Wildman–Crippen MR) is 102 cm³/mol. The summed E-state index contributed by atoms with van der Waals surface area (Å²) >= 11 is 0. The molecule has 7 nitrogen and oxygen atoms in total. The van der Waals surface area contributed by atoms with Crippen LogP contribution >= 0.6 is 0 Å². The summed E-state index contributed by atoms with van der Waals surface area (Å²) in [6, 6.07) is 20.9. The van der Waals surface area contributed by atoms with Crippen LogP contribution in [0.3, 0.4) is 0 Å². The van der Waals surface area contributed by atoms with Crippen LogP contribution in [0, 0.1) is 10.1 Å². The first-order valence-corrected chi connectivity index (χ1v) is 8.36. The number of hydrogen-bond donors (Lipinski definition) is 1. The van der Waals surface area contributed by atoms with Gasteiger partial charge in [-0.15, -0.1) is 0 Å². The van der Waals surface area contributed by atoms with Gasteiger partial charge in [-0.05, 0) is 23.8 Å². The Kier molecular flexibility index (Phi) is 4.40. The molecule has 0 aliphatic rings. The Morgan fingerprint density at radius 1 is 1.04 bits per heavy atom. The highest BCUT2D eigenvalue weighted by Gasteiger charge is 2.15. The van der Waals surface area contributed by atoms with Gasteiger partial charge in [-0.25, -0.2) is 4.98 Å². The zero-order chi connectivity index (χ0) is 18.6. The highest BCUT2D eigenvalue weighted by molar-refractivity contribution is 5.63. The summed E-state index contributed by atoms with van der Waals surface area (Å²) in [6.45, 7) is 0.698. The number of nitrogens with zero attached hydrogens (tertiary/aromatic N) is 3. The lowest BCUT2D eigenvalue weighted by Gasteiger charge is -2.12. The Labute approximate surface area is 155 Å². The van der Waals surface area contributed by atoms with Crippen molar-refractivity contribution < 1.29 is 9.34 Å². The van der Waals surface area contributed by atoms with Crippen LogP contribution in [0.15, 0.2) is 83.7 Å². The van der Waals surface area contributed by atoms with E-state index >= 15 is 0 Å². The van der Waals surface area contributed by atoms with Gasteiger partial charge in [0, 0.05) is 12.7 Å². The van der Waals surface area contributed by atoms with Crippen molar-refractivity contribution in [2.24, 2.45) is 0 Å². The van der Waals surface area contributed by atoms with Crippen molar-refractivity contribution >= 4 is 11.6 Å². The van der Waals surface area contributed by atoms with E-state index in [1.807, 2.05) is 47.0 Å². The number of imidazole rings is 1. The van der Waals surface area contributed by atoms with Crippen LogP contribution in [0.5, 0.6) is 0 Å². The molecule has 0 saturated carbocycles. The Morgan fingerprint density at radius 3 is 2.59 bits per heavy atom. The maximum Gasteiger partial charge on any atom is 0.433 e. The van der Waals surface area contributed by atoms with Crippen molar-refractivity contribution in [1.29, 1.82) is 0 Å². The molecule has 0 spiro atoms. The molecule has 2 heterocycles. The van der Waals surface area contributed by atoms with Gasteiger partial charge in [0.25, 0.3) is 0 Å². The molecular formula is C20H16N4O3. The first-order valence-electron chi connectivity index (χ1n) is 8.36. The number of rotatable bonds is 6. The second kappa shape index (κ2) is 7.17. The normalized spacial score (nSPS) is 10.7. The van der Waals surface area contributed by atoms with Gasteiger partial charge >= 0.3 is 5.88 Å². The second-order valence-corrected chi connectivity index (χ2v) is 5.92. The van der Waals surface area contributed by atoms with Crippen LogP contribution in [0.1, 0.15) is 5.56 Å². The third-order valence-corrected chi connectivity index (χ3v) is 4.11. The minimum atomic E-state index is -0.566. The third-order valence-electron chi connectivity index (χ3n) is 4.11. The van der Waals surface area contributed by atoms with E-state index in [0.717, 1.165) is 11.4 Å². The number of anilines is 1. The SMILES string of the molecule is O=[N+]([O-])c1ccc(-c2cn(-c3ccccc3NCc3ccccc3)cn2)o1. The van der Waals surface area contributed by atoms with Crippen LogP contribution < -0.4 is 5.32 Å². The van der Waals surface area contributed by atoms with Crippen LogP contribution in [0.4, 0.5) is 11.6 Å². The highest BCUT2D eigenvalue weighted by atomic mass is 16.6. The lowest BCUT2D eigenvalue weighted by Crippen LogP contribution is -2.03. The smallest absolute Gasteiger partial charge is 0.399 e. The van der Waals surface area contributed by atoms with E-state index < -0.39 is 4.92 Å². The molecule has 4 rings (SSSR count). The summed E-state index contributed by atoms with van der Waals surface area (Å²) in [4.78, 5) is 14.5. The van der Waals surface area contributed by atoms with Crippen molar-refractivity contribution in [2.45, 2.75) is 6.54 Å². The van der Waals surface area contributed by atoms with Crippen molar-refractivity contribution in [3.05, 3.63) is 94.9 Å². The minimum absolute atomic E-state index is 0.301. The number of nitro groups is 1. The van der Waals surface area contributed by atoms with Gasteiger partial charge in [-0.2, -0.15) is 0 Å². The standard InChI is InChI=1S/C20H16N4O3/c25-24(26)20-11-10-19(27-20)17-13-23(14-22-17)18-9-5-4-8-16(18)21-12-15-6-2-1-3-7-15/h1-11,13-14,21H,12H2. The number of nitrogens with one attached hydrogen (secondary N) is 1. The average molecular weight is 360 g/mol. The van der Waals surface area contributed by atoms with Gasteiger partial charge in [-0.3, -0.25) is 10.1 Å². The van der Waals surface area contributed by atoms with Crippen molar-refractivity contribution in [1.82, 2.24) is 9.55 Å². The zero-order valence-corrected chi connectivity index (χ0v) is 14.3. The van der Waals surface area contributed by atoms with E-state index in [1.54, 1.807) is 18.6 Å². The van der Waals surface area contributed by atoms with E-state index in [1.165, 1.54) is 11.6 Å². The van der Waals surface area contributed by atoms with Crippen molar-refractivity contribution in [3.63, 3.8) is 0 Å². The fraction of sp³-hybridized carbons (Fsp3) is 0.0500. The summed E-state index contributed by atoms with van der Waals surface area (Å²) in [5, 5.41) is 14.2. The fourth-order valence-electron chi connectivity index (χ4n) is 2.79. The molecule has 0 atom stereocenters. The molecule has 2 aromatic carbocycles. The molecule has 0 amide bonds. The van der Waals surface area contributed by atoms with Crippen LogP contribution in [-0.2, 0) is 6.54 Å². The number of aromatic nitrogens is 2. The average Bonchev–Trinajstić information content (AvgIpc) is 3.37. The van der Waals surface area contributed by atoms with Crippen molar-refractivity contribution in [3.8, 4) is 17.1 Å². The van der Waals surface area contributed by atoms with Crippen LogP contribution in [0.2, 0.25) is 0 Å². The quantitative estimate of drug-likeness (QED) is 0.399. The van der Waals surface area contributed by atoms with Gasteiger partial charge in [-0.1, -0.05) is 42.5 Å². The Balaban J connectivity index is 1.58. The van der Waals surface area contributed by atoms with E-state index in [9.17, 15) is 10.1 Å². The summed E-state index contributed by atoms with van der Waals surface area (Å²) < 4.78 is 7.08. The highest BCUT2D eigenvalue weighted by Crippen LogP contribution is 2.27. The first-order chi connectivity index (χ1) is 13.2. The molecule has 27 heavy (non-hydrogen) atoms. The molecule has 0 unspecified atom stereocenters. The molecule has 1 N–H and O–H groups in total. The molecule has 7 heteroatoms. The van der Waals surface area contributed by atoms with Gasteiger partial charge in [0.15, 0.2) is 5.76 Å². The zero-order valence-electron chi connectivity index (χ0n) is 14.3. The maximum absolute atomic E-state index is 10.8. The van der Waals surface area contributed by atoms with E-state index in [2.05, 4.69) is 22.4 Å². The molecule has 0 radical (unpaired) electrons. The number of benzene rings is 2. The van der Waals surface area contributed by atoms with Crippen LogP contribution in [-0.4, -0.2) is 14.5 Å². The van der Waals surface area contributed by atoms with E-state index in [0.29, 0.717) is 18.0 Å². The van der Waals surface area contributed by atoms with Crippen molar-refractivity contribution in [2.75, 3.05) is 5.32 Å². The molecule has 0 bridgehead atoms. The molecule has 0 aliphatic carbocycles. The van der Waals surface area contributed by atoms with Gasteiger partial charge < -0.3 is 14.3 Å². The topological polar surface area (TPSA) is 86.1 Å². The Bertz CT molecular complexity index is 1070. The second-order valence-electron chi connectivity index (χ2n) is 5.92. The molecule has 4 aromatic rings. The molecule has 0 aliphatic heterocycles.